The van der Waals surface area contributed by atoms with E-state index in [2.05, 4.69) is 4.72 Å². The molecule has 0 heterocycles. The second kappa shape index (κ2) is 5.60. The molecule has 0 amide bonds. The Morgan fingerprint density at radius 1 is 1.24 bits per heavy atom. The van der Waals surface area contributed by atoms with Gasteiger partial charge in [-0.15, -0.1) is 0 Å². The fourth-order valence-corrected chi connectivity index (χ4v) is 3.48. The average molecular weight is 326 g/mol. The van der Waals surface area contributed by atoms with Crippen LogP contribution in [0, 0.1) is 17.1 Å². The zero-order valence-electron chi connectivity index (χ0n) is 10.5. The van der Waals surface area contributed by atoms with E-state index in [1.54, 1.807) is 6.07 Å². The topological polar surface area (TPSA) is 96.0 Å². The lowest BCUT2D eigenvalue weighted by Gasteiger charge is -2.12. The molecule has 0 aliphatic heterocycles. The summed E-state index contributed by atoms with van der Waals surface area (Å²) in [6.45, 7) is 0. The smallest absolute Gasteiger partial charge is 0.265 e. The molecule has 0 spiro atoms. The average Bonchev–Trinajstić information content (AvgIpc) is 2.38. The van der Waals surface area contributed by atoms with E-state index in [-0.39, 0.29) is 21.3 Å². The third-order valence-corrected chi connectivity index (χ3v) is 4.54. The van der Waals surface area contributed by atoms with Gasteiger partial charge in [-0.2, -0.15) is 5.26 Å². The van der Waals surface area contributed by atoms with Gasteiger partial charge in [0.05, 0.1) is 16.4 Å². The first-order chi connectivity index (χ1) is 9.86. The van der Waals surface area contributed by atoms with E-state index in [4.69, 9.17) is 22.6 Å². The van der Waals surface area contributed by atoms with Gasteiger partial charge in [0.2, 0.25) is 0 Å². The molecule has 0 aliphatic carbocycles. The summed E-state index contributed by atoms with van der Waals surface area (Å²) < 4.78 is 40.2. The number of nitrogen functional groups attached to an aromatic ring is 1. The third kappa shape index (κ3) is 2.91. The van der Waals surface area contributed by atoms with Crippen LogP contribution in [0.1, 0.15) is 5.56 Å². The lowest BCUT2D eigenvalue weighted by atomic mass is 10.2. The van der Waals surface area contributed by atoms with Crippen LogP contribution in [0.3, 0.4) is 0 Å². The van der Waals surface area contributed by atoms with Crippen molar-refractivity contribution < 1.29 is 12.8 Å². The summed E-state index contributed by atoms with van der Waals surface area (Å²) in [5, 5.41) is 8.83. The molecule has 2 rings (SSSR count). The normalized spacial score (nSPS) is 10.9. The van der Waals surface area contributed by atoms with Crippen molar-refractivity contribution in [3.8, 4) is 6.07 Å². The lowest BCUT2D eigenvalue weighted by molar-refractivity contribution is 0.601. The van der Waals surface area contributed by atoms with Gasteiger partial charge in [0.1, 0.15) is 22.3 Å². The molecule has 108 valence electrons. The SMILES string of the molecule is N#Cc1c(F)cccc1NS(=O)(=O)c1c(N)cccc1Cl. The number of nitrogens with zero attached hydrogens (tertiary/aromatic N) is 1. The Bertz CT molecular complexity index is 827. The zero-order valence-corrected chi connectivity index (χ0v) is 12.0. The number of sulfonamides is 1. The van der Waals surface area contributed by atoms with Crippen LogP contribution in [0.2, 0.25) is 5.02 Å². The first-order valence-corrected chi connectivity index (χ1v) is 7.48. The molecule has 3 N–H and O–H groups in total. The van der Waals surface area contributed by atoms with Crippen molar-refractivity contribution in [3.63, 3.8) is 0 Å². The van der Waals surface area contributed by atoms with Gasteiger partial charge >= 0.3 is 0 Å². The summed E-state index contributed by atoms with van der Waals surface area (Å²) in [5.74, 6) is -0.829. The number of anilines is 2. The second-order valence-corrected chi connectivity index (χ2v) is 6.06. The molecule has 0 saturated heterocycles. The second-order valence-electron chi connectivity index (χ2n) is 4.04. The number of hydrogen-bond acceptors (Lipinski definition) is 4. The van der Waals surface area contributed by atoms with Crippen molar-refractivity contribution >= 4 is 33.0 Å². The molecular weight excluding hydrogens is 317 g/mol. The number of rotatable bonds is 3. The fourth-order valence-electron chi connectivity index (χ4n) is 1.73. The van der Waals surface area contributed by atoms with E-state index in [0.29, 0.717) is 0 Å². The highest BCUT2D eigenvalue weighted by atomic mass is 35.5. The molecule has 0 fully saturated rings. The molecule has 0 saturated carbocycles. The molecule has 5 nitrogen and oxygen atoms in total. The quantitative estimate of drug-likeness (QED) is 0.848. The Hall–Kier alpha value is -2.30. The highest BCUT2D eigenvalue weighted by Gasteiger charge is 2.23. The minimum absolute atomic E-state index is 0.0510. The van der Waals surface area contributed by atoms with Crippen LogP contribution in [-0.4, -0.2) is 8.42 Å². The highest BCUT2D eigenvalue weighted by Crippen LogP contribution is 2.30. The predicted molar refractivity (Wildman–Crippen MR) is 77.8 cm³/mol. The van der Waals surface area contributed by atoms with E-state index >= 15 is 0 Å². The predicted octanol–water partition coefficient (Wildman–Crippen LogP) is 2.73. The van der Waals surface area contributed by atoms with E-state index in [9.17, 15) is 12.8 Å². The number of nitrogens with one attached hydrogen (secondary N) is 1. The van der Waals surface area contributed by atoms with Crippen LogP contribution < -0.4 is 10.5 Å². The minimum Gasteiger partial charge on any atom is -0.398 e. The number of halogens is 2. The summed E-state index contributed by atoms with van der Waals surface area (Å²) in [4.78, 5) is -0.320. The molecule has 0 aromatic heterocycles. The van der Waals surface area contributed by atoms with Crippen LogP contribution >= 0.6 is 11.6 Å². The number of benzene rings is 2. The van der Waals surface area contributed by atoms with Gasteiger partial charge in [0.25, 0.3) is 10.0 Å². The summed E-state index contributed by atoms with van der Waals surface area (Å²) in [6.07, 6.45) is 0. The molecule has 0 aliphatic rings. The summed E-state index contributed by atoms with van der Waals surface area (Å²) in [5.41, 5.74) is 4.97. The van der Waals surface area contributed by atoms with Crippen molar-refractivity contribution in [2.75, 3.05) is 10.5 Å². The maximum Gasteiger partial charge on any atom is 0.265 e. The van der Waals surface area contributed by atoms with Crippen LogP contribution in [0.25, 0.3) is 0 Å². The first-order valence-electron chi connectivity index (χ1n) is 5.62. The van der Waals surface area contributed by atoms with Crippen molar-refractivity contribution in [3.05, 3.63) is 52.8 Å². The van der Waals surface area contributed by atoms with Crippen molar-refractivity contribution in [2.24, 2.45) is 0 Å². The minimum atomic E-state index is -4.15. The van der Waals surface area contributed by atoms with E-state index in [1.165, 1.54) is 30.3 Å². The van der Waals surface area contributed by atoms with Gasteiger partial charge in [-0.25, -0.2) is 12.8 Å². The van der Waals surface area contributed by atoms with Crippen molar-refractivity contribution in [1.29, 1.82) is 5.26 Å². The van der Waals surface area contributed by atoms with Crippen LogP contribution in [0.4, 0.5) is 15.8 Å². The first kappa shape index (κ1) is 15.1. The molecule has 0 bridgehead atoms. The monoisotopic (exact) mass is 325 g/mol. The molecule has 0 unspecified atom stereocenters. The van der Waals surface area contributed by atoms with Gasteiger partial charge in [-0.1, -0.05) is 23.7 Å². The number of nitriles is 1. The molecule has 21 heavy (non-hydrogen) atoms. The summed E-state index contributed by atoms with van der Waals surface area (Å²) in [7, 11) is -4.15. The van der Waals surface area contributed by atoms with E-state index in [1.807, 2.05) is 0 Å². The zero-order chi connectivity index (χ0) is 15.6. The largest absolute Gasteiger partial charge is 0.398 e. The molecular formula is C13H9ClFN3O2S. The Morgan fingerprint density at radius 2 is 1.90 bits per heavy atom. The van der Waals surface area contributed by atoms with Crippen LogP contribution in [0.15, 0.2) is 41.3 Å². The van der Waals surface area contributed by atoms with Gasteiger partial charge in [0.15, 0.2) is 0 Å². The lowest BCUT2D eigenvalue weighted by Crippen LogP contribution is -2.16. The van der Waals surface area contributed by atoms with E-state index in [0.717, 1.165) is 6.07 Å². The maximum atomic E-state index is 13.5. The molecule has 2 aromatic carbocycles. The van der Waals surface area contributed by atoms with Gasteiger partial charge in [-0.3, -0.25) is 4.72 Å². The van der Waals surface area contributed by atoms with Gasteiger partial charge in [-0.05, 0) is 24.3 Å². The van der Waals surface area contributed by atoms with Crippen LogP contribution in [0.5, 0.6) is 0 Å². The Balaban J connectivity index is 2.54. The van der Waals surface area contributed by atoms with Crippen molar-refractivity contribution in [1.82, 2.24) is 0 Å². The molecule has 2 aromatic rings. The highest BCUT2D eigenvalue weighted by molar-refractivity contribution is 7.93. The third-order valence-electron chi connectivity index (χ3n) is 2.64. The Kier molecular flexibility index (Phi) is 4.02. The number of hydrogen-bond donors (Lipinski definition) is 2. The fraction of sp³-hybridized carbons (Fsp3) is 0. The van der Waals surface area contributed by atoms with Gasteiger partial charge < -0.3 is 5.73 Å². The molecule has 0 atom stereocenters. The summed E-state index contributed by atoms with van der Waals surface area (Å²) >= 11 is 5.85. The Labute approximate surface area is 125 Å². The Morgan fingerprint density at radius 3 is 2.52 bits per heavy atom. The van der Waals surface area contributed by atoms with Gasteiger partial charge in [0, 0.05) is 0 Å². The standard InChI is InChI=1S/C13H9ClFN3O2S/c14-9-3-1-5-11(17)13(9)21(19,20)18-12-6-2-4-10(15)8(12)7-16/h1-6,18H,17H2. The van der Waals surface area contributed by atoms with Crippen molar-refractivity contribution in [2.45, 2.75) is 4.90 Å². The molecule has 8 heteroatoms. The van der Waals surface area contributed by atoms with Crippen LogP contribution in [-0.2, 0) is 10.0 Å². The number of nitrogens with two attached hydrogens (primary N) is 1. The summed E-state index contributed by atoms with van der Waals surface area (Å²) in [6, 6.07) is 9.44. The maximum absolute atomic E-state index is 13.5. The molecule has 0 radical (unpaired) electrons. The van der Waals surface area contributed by atoms with E-state index < -0.39 is 21.4 Å².